The van der Waals surface area contributed by atoms with Crippen molar-refractivity contribution in [2.24, 2.45) is 0 Å². The molecule has 0 aromatic carbocycles. The van der Waals surface area contributed by atoms with Gasteiger partial charge >= 0.3 is 15.6 Å². The molecule has 4 saturated heterocycles. The Morgan fingerprint density at radius 3 is 0.870 bits per heavy atom. The van der Waals surface area contributed by atoms with Gasteiger partial charge in [-0.05, 0) is 67.2 Å². The predicted octanol–water partition coefficient (Wildman–Crippen LogP) is -3.65. The number of ether oxygens (including phenoxy) is 10. The van der Waals surface area contributed by atoms with Gasteiger partial charge in [0.05, 0.1) is 64.1 Å². The topological polar surface area (TPSA) is 563 Å². The van der Waals surface area contributed by atoms with Gasteiger partial charge < -0.3 is 140 Å². The molecule has 2 unspecified atom stereocenters. The molecule has 18 N–H and O–H groups in total. The smallest absolute Gasteiger partial charge is 0.394 e. The second-order valence-corrected chi connectivity index (χ2v) is 29.4. The van der Waals surface area contributed by atoms with Crippen LogP contribution in [0.2, 0.25) is 0 Å². The van der Waals surface area contributed by atoms with Crippen LogP contribution < -0.4 is 21.3 Å². The van der Waals surface area contributed by atoms with E-state index in [1.807, 2.05) is 0 Å². The lowest BCUT2D eigenvalue weighted by molar-refractivity contribution is -0.287. The van der Waals surface area contributed by atoms with Gasteiger partial charge in [-0.1, -0.05) is 38.5 Å². The van der Waals surface area contributed by atoms with Gasteiger partial charge in [0.1, 0.15) is 110 Å². The molecule has 4 amide bonds. The van der Waals surface area contributed by atoms with E-state index in [9.17, 15) is 99.4 Å². The van der Waals surface area contributed by atoms with E-state index in [0.29, 0.717) is 25.7 Å². The second kappa shape index (κ2) is 45.0. The van der Waals surface area contributed by atoms with Crippen LogP contribution in [0.1, 0.15) is 133 Å². The number of phosphoric acid groups is 2. The number of hydrogen-bond acceptors (Lipinski definition) is 32. The minimum absolute atomic E-state index is 0.162. The van der Waals surface area contributed by atoms with E-state index in [0.717, 1.165) is 38.5 Å². The monoisotopic (exact) mass is 1500 g/mol. The summed E-state index contributed by atoms with van der Waals surface area (Å²) in [5.74, 6) is -2.00. The number of unbranched alkanes of at least 4 members (excludes halogenated alkanes) is 8. The summed E-state index contributed by atoms with van der Waals surface area (Å²) in [6.45, 7) is 11.6. The van der Waals surface area contributed by atoms with Crippen molar-refractivity contribution in [2.75, 3.05) is 79.3 Å². The Kier molecular flexibility index (Phi) is 41.2. The molecule has 0 aromatic rings. The van der Waals surface area contributed by atoms with E-state index in [4.69, 9.17) is 65.5 Å². The number of carbonyl (C=O) groups excluding carboxylic acids is 4. The van der Waals surface area contributed by atoms with Gasteiger partial charge in [0.15, 0.2) is 25.2 Å². The molecule has 0 radical (unpaired) electrons. The van der Waals surface area contributed by atoms with Crippen molar-refractivity contribution < 1.29 is 165 Å². The van der Waals surface area contributed by atoms with Gasteiger partial charge in [-0.25, -0.2) is 9.13 Å². The molecule has 38 nitrogen and oxygen atoms in total. The molecule has 4 rings (SSSR count). The lowest BCUT2D eigenvalue weighted by Gasteiger charge is -2.43. The first kappa shape index (κ1) is 91.4. The molecule has 588 valence electrons. The van der Waals surface area contributed by atoms with Crippen LogP contribution in [0.3, 0.4) is 0 Å². The van der Waals surface area contributed by atoms with E-state index in [-0.39, 0.29) is 39.6 Å². The lowest BCUT2D eigenvalue weighted by atomic mass is 9.97. The lowest BCUT2D eigenvalue weighted by Crippen LogP contribution is -2.65. The molecular formula is C60H114N4O34P2. The molecule has 0 saturated carbocycles. The van der Waals surface area contributed by atoms with Crippen molar-refractivity contribution in [3.8, 4) is 0 Å². The molecular weight excluding hydrogens is 1380 g/mol. The number of phosphoric ester groups is 2. The molecule has 4 aliphatic rings. The fraction of sp³-hybridized carbons (Fsp3) is 0.933. The molecule has 100 heavy (non-hydrogen) atoms. The van der Waals surface area contributed by atoms with E-state index >= 15 is 0 Å². The highest BCUT2D eigenvalue weighted by Gasteiger charge is 2.50. The molecule has 0 aliphatic carbocycles. The normalized spacial score (nSPS) is 32.2. The maximum absolute atomic E-state index is 12.5. The summed E-state index contributed by atoms with van der Waals surface area (Å²) < 4.78 is 103. The summed E-state index contributed by atoms with van der Waals surface area (Å²) in [6, 6.07) is -4.52. The fourth-order valence-electron chi connectivity index (χ4n) is 10.6. The minimum Gasteiger partial charge on any atom is -0.394 e. The first-order valence-corrected chi connectivity index (χ1v) is 36.4. The average Bonchev–Trinajstić information content (AvgIpc) is 0.824. The third-order valence-electron chi connectivity index (χ3n) is 15.3. The molecule has 4 heterocycles. The van der Waals surface area contributed by atoms with Gasteiger partial charge in [-0.15, -0.1) is 0 Å². The zero-order chi connectivity index (χ0) is 75.3. The van der Waals surface area contributed by atoms with Crippen LogP contribution in [-0.2, 0) is 93.8 Å². The Morgan fingerprint density at radius 2 is 0.620 bits per heavy atom. The maximum Gasteiger partial charge on any atom is 0.472 e. The predicted molar refractivity (Wildman–Crippen MR) is 344 cm³/mol. The van der Waals surface area contributed by atoms with Crippen LogP contribution in [0.25, 0.3) is 0 Å². The number of carbonyl (C=O) groups is 4. The Morgan fingerprint density at radius 1 is 0.380 bits per heavy atom. The third kappa shape index (κ3) is 33.3. The van der Waals surface area contributed by atoms with Crippen molar-refractivity contribution in [1.82, 2.24) is 21.3 Å². The number of nitrogens with one attached hydrogen (secondary N) is 4. The molecule has 40 heteroatoms. The highest BCUT2D eigenvalue weighted by Crippen LogP contribution is 2.48. The van der Waals surface area contributed by atoms with E-state index in [1.54, 1.807) is 41.5 Å². The molecule has 24 atom stereocenters. The van der Waals surface area contributed by atoms with Gasteiger partial charge in [-0.2, -0.15) is 0 Å². The SMILES string of the molecule is CC(=O)N[C@H]1[C@H](OCCCCCCCOC[C@@H](COP(=O)(O)OC(C)(C)C)O[C@@H]2O[C@H](CO)[C@H](O)[C@H](O)[C@H]2NC(C)=O)O[C@H](CO)[C@H](O)[C@@H]1O.CC(=O)N[C@H]1[C@H](OCCCCCCCOC[C@H](COP(=O)(O)OC(C)(C)C)O[C@@H]2O[C@H](CO)[C@H](O)[C@H](O)[C@H]2NC(C)=O)O[C@H](CO)[C@H](O)[C@@H]1O. The highest BCUT2D eigenvalue weighted by atomic mass is 31.2. The number of aliphatic hydroxyl groups excluding tert-OH is 12. The largest absolute Gasteiger partial charge is 0.472 e. The van der Waals surface area contributed by atoms with Crippen molar-refractivity contribution in [3.63, 3.8) is 0 Å². The summed E-state index contributed by atoms with van der Waals surface area (Å²) in [5, 5.41) is 131. The van der Waals surface area contributed by atoms with Crippen LogP contribution >= 0.6 is 15.6 Å². The molecule has 0 spiro atoms. The van der Waals surface area contributed by atoms with Crippen LogP contribution in [0.4, 0.5) is 0 Å². The number of aliphatic hydroxyl groups is 12. The summed E-state index contributed by atoms with van der Waals surface area (Å²) in [7, 11) is -9.08. The Bertz CT molecular complexity index is 2300. The Balaban J connectivity index is 0.000000520. The first-order chi connectivity index (χ1) is 46.8. The molecule has 4 aliphatic heterocycles. The number of rotatable bonds is 42. The average molecular weight is 1500 g/mol. The van der Waals surface area contributed by atoms with Crippen molar-refractivity contribution >= 4 is 39.3 Å². The Labute approximate surface area is 582 Å². The summed E-state index contributed by atoms with van der Waals surface area (Å²) in [6.07, 6.45) is -16.3. The van der Waals surface area contributed by atoms with Crippen LogP contribution in [0.15, 0.2) is 0 Å². The van der Waals surface area contributed by atoms with Crippen molar-refractivity contribution in [2.45, 2.75) is 279 Å². The molecule has 0 aromatic heterocycles. The van der Waals surface area contributed by atoms with Gasteiger partial charge in [0, 0.05) is 54.1 Å². The standard InChI is InChI=1S/2C30H57N2O17P/c2*1-17(35)31-22-26(39)24(37)20(13-33)47-28(22)44-12-10-8-6-7-9-11-43-15-19(16-45-50(41,42)49-30(3,4)5)46-29-23(32-18(2)36)27(40)25(38)21(14-34)48-29/h2*19-29,33-34,37-40H,6-16H2,1-5H3,(H,31,35)(H,32,36)(H,41,42)/t19-,20+,21+,22+,23+,24-,25-,26+,27+,28+,29+;19-,20-,21-,22-,23-,24+,25+,26-,27-,28-,29-/m01/s1. The summed E-state index contributed by atoms with van der Waals surface area (Å²) in [4.78, 5) is 67.1. The summed E-state index contributed by atoms with van der Waals surface area (Å²) >= 11 is 0. The van der Waals surface area contributed by atoms with Crippen molar-refractivity contribution in [1.29, 1.82) is 0 Å². The van der Waals surface area contributed by atoms with Gasteiger partial charge in [-0.3, -0.25) is 37.3 Å². The van der Waals surface area contributed by atoms with Crippen LogP contribution in [-0.4, -0.2) is 320 Å². The van der Waals surface area contributed by atoms with Gasteiger partial charge in [0.25, 0.3) is 0 Å². The number of hydrogen-bond donors (Lipinski definition) is 18. The van der Waals surface area contributed by atoms with E-state index < -0.39 is 225 Å². The second-order valence-electron chi connectivity index (χ2n) is 26.6. The van der Waals surface area contributed by atoms with Crippen LogP contribution in [0, 0.1) is 0 Å². The molecule has 0 bridgehead atoms. The quantitative estimate of drug-likeness (QED) is 0.0207. The fourth-order valence-corrected chi connectivity index (χ4v) is 12.8. The minimum atomic E-state index is -4.54. The summed E-state index contributed by atoms with van der Waals surface area (Å²) in [5.41, 5.74) is -2.01. The Hall–Kier alpha value is -2.78. The van der Waals surface area contributed by atoms with Crippen LogP contribution in [0.5, 0.6) is 0 Å². The zero-order valence-corrected chi connectivity index (χ0v) is 60.4. The highest BCUT2D eigenvalue weighted by molar-refractivity contribution is 7.47. The van der Waals surface area contributed by atoms with E-state index in [2.05, 4.69) is 21.3 Å². The first-order valence-electron chi connectivity index (χ1n) is 33.4. The third-order valence-corrected chi connectivity index (χ3v) is 17.8. The van der Waals surface area contributed by atoms with Crippen molar-refractivity contribution in [3.05, 3.63) is 0 Å². The zero-order valence-electron chi connectivity index (χ0n) is 58.6. The maximum atomic E-state index is 12.5. The van der Waals surface area contributed by atoms with Gasteiger partial charge in [0.2, 0.25) is 23.6 Å². The number of amides is 4. The molecule has 4 fully saturated rings. The van der Waals surface area contributed by atoms with E-state index in [1.165, 1.54) is 27.7 Å².